The summed E-state index contributed by atoms with van der Waals surface area (Å²) in [6, 6.07) is 0. The molecule has 0 heterocycles. The number of hydrogen-bond acceptors (Lipinski definition) is 6. The molecule has 31 heavy (non-hydrogen) atoms. The van der Waals surface area contributed by atoms with Gasteiger partial charge in [0.1, 0.15) is 0 Å². The summed E-state index contributed by atoms with van der Waals surface area (Å²) in [6.07, 6.45) is 10.6. The Hall–Kier alpha value is -0.265. The number of unbranched alkanes of at least 4 members (excludes halogenated alkanes) is 3. The Morgan fingerprint density at radius 1 is 0.516 bits per heavy atom. The molecule has 1 radical (unpaired) electrons. The van der Waals surface area contributed by atoms with Crippen molar-refractivity contribution >= 4 is 17.9 Å². The maximum Gasteiger partial charge on any atom is 3.00 e. The van der Waals surface area contributed by atoms with Gasteiger partial charge in [-0.2, -0.15) is 0 Å². The predicted octanol–water partition coefficient (Wildman–Crippen LogP) is 2.86. The Morgan fingerprint density at radius 2 is 0.710 bits per heavy atom. The van der Waals surface area contributed by atoms with Gasteiger partial charge in [0.15, 0.2) is 0 Å². The number of hydrogen-bond donors (Lipinski definition) is 0. The summed E-state index contributed by atoms with van der Waals surface area (Å²) in [5.41, 5.74) is 0. The molecule has 0 spiro atoms. The molecule has 0 aliphatic heterocycles. The van der Waals surface area contributed by atoms with E-state index in [0.717, 1.165) is 57.8 Å². The predicted molar refractivity (Wildman–Crippen MR) is 115 cm³/mol. The van der Waals surface area contributed by atoms with E-state index in [1.165, 1.54) is 0 Å². The molecule has 0 rings (SSSR count). The van der Waals surface area contributed by atoms with Gasteiger partial charge in [-0.1, -0.05) is 80.1 Å². The summed E-state index contributed by atoms with van der Waals surface area (Å²) in [7, 11) is 0. The van der Waals surface area contributed by atoms with Crippen molar-refractivity contribution in [3.63, 3.8) is 0 Å². The molecule has 0 aliphatic rings. The van der Waals surface area contributed by atoms with Crippen LogP contribution >= 0.6 is 0 Å². The SMILES string of the molecule is CCCCC(CC)C(=O)[O-].CCCCC(CC)C(=O)[O-].CCCCC(CC)C(=O)[O-].[Gd+3]. The smallest absolute Gasteiger partial charge is 0.550 e. The van der Waals surface area contributed by atoms with Crippen LogP contribution in [0.25, 0.3) is 0 Å². The summed E-state index contributed by atoms with van der Waals surface area (Å²) < 4.78 is 0. The summed E-state index contributed by atoms with van der Waals surface area (Å²) in [5.74, 6) is -3.34. The zero-order valence-electron chi connectivity index (χ0n) is 20.5. The third kappa shape index (κ3) is 25.9. The molecule has 0 aliphatic carbocycles. The van der Waals surface area contributed by atoms with Crippen LogP contribution in [0.3, 0.4) is 0 Å². The van der Waals surface area contributed by atoms with Crippen LogP contribution in [0.2, 0.25) is 0 Å². The van der Waals surface area contributed by atoms with Gasteiger partial charge in [-0.25, -0.2) is 0 Å². The van der Waals surface area contributed by atoms with Crippen LogP contribution in [0, 0.1) is 57.7 Å². The van der Waals surface area contributed by atoms with E-state index >= 15 is 0 Å². The summed E-state index contributed by atoms with van der Waals surface area (Å²) in [6.45, 7) is 11.8. The van der Waals surface area contributed by atoms with Crippen LogP contribution in [-0.4, -0.2) is 17.9 Å². The standard InChI is InChI=1S/3C8H16O2.Gd/c3*1-3-5-6-7(4-2)8(9)10;/h3*7H,3-6H2,1-2H3,(H,9,10);/q;;;+3/p-3. The van der Waals surface area contributed by atoms with Gasteiger partial charge in [-0.05, 0) is 56.3 Å². The molecule has 0 aromatic heterocycles. The van der Waals surface area contributed by atoms with Gasteiger partial charge in [-0.3, -0.25) is 0 Å². The first-order valence-corrected chi connectivity index (χ1v) is 11.8. The second-order valence-corrected chi connectivity index (χ2v) is 7.70. The Balaban J connectivity index is -0.000000174. The maximum absolute atomic E-state index is 10.3. The summed E-state index contributed by atoms with van der Waals surface area (Å²) >= 11 is 0. The van der Waals surface area contributed by atoms with Crippen molar-refractivity contribution in [1.82, 2.24) is 0 Å². The molecule has 0 aromatic carbocycles. The fraction of sp³-hybridized carbons (Fsp3) is 0.875. The average Bonchev–Trinajstić information content (AvgIpc) is 2.70. The topological polar surface area (TPSA) is 120 Å². The fourth-order valence-corrected chi connectivity index (χ4v) is 2.82. The number of carboxylic acids is 3. The number of rotatable bonds is 15. The first-order valence-electron chi connectivity index (χ1n) is 11.8. The van der Waals surface area contributed by atoms with Crippen molar-refractivity contribution in [2.45, 2.75) is 119 Å². The number of aliphatic carboxylic acids is 3. The zero-order chi connectivity index (χ0) is 23.9. The minimum Gasteiger partial charge on any atom is -0.550 e. The van der Waals surface area contributed by atoms with Crippen molar-refractivity contribution in [2.75, 3.05) is 0 Å². The Kier molecular flexibility index (Phi) is 34.1. The van der Waals surface area contributed by atoms with Gasteiger partial charge in [0, 0.05) is 17.9 Å². The van der Waals surface area contributed by atoms with Gasteiger partial charge >= 0.3 is 39.9 Å². The average molecular weight is 587 g/mol. The largest absolute Gasteiger partial charge is 3.00 e. The second kappa shape index (κ2) is 27.8. The quantitative estimate of drug-likeness (QED) is 0.291. The van der Waals surface area contributed by atoms with E-state index in [0.29, 0.717) is 19.3 Å². The molecule has 0 bridgehead atoms. The molecule has 0 saturated carbocycles. The van der Waals surface area contributed by atoms with Crippen molar-refractivity contribution in [3.05, 3.63) is 0 Å². The minimum atomic E-state index is -0.893. The molecule has 185 valence electrons. The number of carbonyl (C=O) groups excluding carboxylic acids is 3. The van der Waals surface area contributed by atoms with E-state index in [1.807, 2.05) is 20.8 Å². The first kappa shape index (κ1) is 38.0. The third-order valence-corrected chi connectivity index (χ3v) is 5.20. The molecule has 0 saturated heterocycles. The van der Waals surface area contributed by atoms with Gasteiger partial charge < -0.3 is 29.7 Å². The van der Waals surface area contributed by atoms with Crippen LogP contribution in [0.15, 0.2) is 0 Å². The molecule has 0 fully saturated rings. The van der Waals surface area contributed by atoms with Gasteiger partial charge in [0.2, 0.25) is 0 Å². The van der Waals surface area contributed by atoms with Crippen LogP contribution in [-0.2, 0) is 14.4 Å². The van der Waals surface area contributed by atoms with Crippen LogP contribution in [0.1, 0.15) is 119 Å². The molecule has 6 nitrogen and oxygen atoms in total. The summed E-state index contributed by atoms with van der Waals surface area (Å²) in [5, 5.41) is 31.0. The fourth-order valence-electron chi connectivity index (χ4n) is 2.82. The monoisotopic (exact) mass is 587 g/mol. The van der Waals surface area contributed by atoms with E-state index < -0.39 is 17.9 Å². The molecule has 3 atom stereocenters. The molecular weight excluding hydrogens is 542 g/mol. The van der Waals surface area contributed by atoms with Crippen molar-refractivity contribution in [1.29, 1.82) is 0 Å². The van der Waals surface area contributed by atoms with E-state index in [2.05, 4.69) is 20.8 Å². The first-order chi connectivity index (χ1) is 14.2. The van der Waals surface area contributed by atoms with Crippen LogP contribution < -0.4 is 15.3 Å². The second-order valence-electron chi connectivity index (χ2n) is 7.70. The Bertz CT molecular complexity index is 366. The van der Waals surface area contributed by atoms with Crippen molar-refractivity contribution < 1.29 is 69.6 Å². The Morgan fingerprint density at radius 3 is 0.806 bits per heavy atom. The molecular formula is C24H45GdO6. The molecule has 7 heteroatoms. The van der Waals surface area contributed by atoms with Gasteiger partial charge in [0.25, 0.3) is 0 Å². The van der Waals surface area contributed by atoms with Crippen LogP contribution in [0.4, 0.5) is 0 Å². The van der Waals surface area contributed by atoms with E-state index in [4.69, 9.17) is 0 Å². The molecule has 3 unspecified atom stereocenters. The maximum atomic E-state index is 10.3. The summed E-state index contributed by atoms with van der Waals surface area (Å²) in [4.78, 5) is 31.0. The normalized spacial score (nSPS) is 12.6. The van der Waals surface area contributed by atoms with Crippen molar-refractivity contribution in [3.8, 4) is 0 Å². The number of carboxylic acid groups (broad SMARTS) is 3. The minimum absolute atomic E-state index is 0. The third-order valence-electron chi connectivity index (χ3n) is 5.20. The number of carbonyl (C=O) groups is 3. The molecule has 0 N–H and O–H groups in total. The van der Waals surface area contributed by atoms with E-state index in [1.54, 1.807) is 0 Å². The van der Waals surface area contributed by atoms with Crippen LogP contribution in [0.5, 0.6) is 0 Å². The molecule has 0 amide bonds. The zero-order valence-corrected chi connectivity index (χ0v) is 22.8. The van der Waals surface area contributed by atoms with E-state index in [-0.39, 0.29) is 57.7 Å². The van der Waals surface area contributed by atoms with Gasteiger partial charge in [-0.15, -0.1) is 0 Å². The molecule has 0 aromatic rings. The van der Waals surface area contributed by atoms with Crippen molar-refractivity contribution in [2.24, 2.45) is 17.8 Å². The van der Waals surface area contributed by atoms with E-state index in [9.17, 15) is 29.7 Å². The van der Waals surface area contributed by atoms with Gasteiger partial charge in [0.05, 0.1) is 0 Å². The Labute approximate surface area is 222 Å².